The number of hydrogen-bond donors (Lipinski definition) is 0. The van der Waals surface area contributed by atoms with E-state index in [-0.39, 0.29) is 10.0 Å². The van der Waals surface area contributed by atoms with E-state index in [4.69, 9.17) is 9.84 Å². The molecule has 0 atom stereocenters. The standard InChI is InChI=1S/C44H34FN5O3S2/c45-36-19-16-31(17-20-36)42-38(29-50(48-42)44(33-10-4-1-5-11-33,34-12-6-2-7-13-34)35-14-8-3-9-15-35)32-18-21-39-37(28-32)43(47-30-46-39)40-22-23-41(54-40)55(51,52)49-24-26-53-27-25-49/h1-23,28-30H,24-27H2. The molecule has 0 amide bonds. The Morgan fingerprint density at radius 1 is 0.673 bits per heavy atom. The second kappa shape index (κ2) is 14.4. The van der Waals surface area contributed by atoms with Gasteiger partial charge < -0.3 is 4.74 Å². The molecule has 1 saturated heterocycles. The molecule has 9 rings (SSSR count). The number of thiophene rings is 1. The van der Waals surface area contributed by atoms with Crippen LogP contribution in [0, 0.1) is 5.82 Å². The number of morpholine rings is 1. The van der Waals surface area contributed by atoms with Crippen LogP contribution in [0.15, 0.2) is 162 Å². The van der Waals surface area contributed by atoms with Crippen molar-refractivity contribution in [3.8, 4) is 33.0 Å². The number of fused-ring (bicyclic) bond motifs is 1. The number of rotatable bonds is 9. The van der Waals surface area contributed by atoms with Gasteiger partial charge in [0.25, 0.3) is 10.0 Å². The highest BCUT2D eigenvalue weighted by Gasteiger charge is 2.40. The van der Waals surface area contributed by atoms with Crippen LogP contribution in [0.1, 0.15) is 16.7 Å². The zero-order valence-corrected chi connectivity index (χ0v) is 31.1. The molecule has 1 aliphatic heterocycles. The van der Waals surface area contributed by atoms with E-state index in [2.05, 4.69) is 52.6 Å². The van der Waals surface area contributed by atoms with E-state index in [1.54, 1.807) is 18.2 Å². The lowest BCUT2D eigenvalue weighted by atomic mass is 9.77. The minimum atomic E-state index is -3.68. The van der Waals surface area contributed by atoms with Gasteiger partial charge in [0, 0.05) is 35.8 Å². The molecule has 11 heteroatoms. The number of halogens is 1. The van der Waals surface area contributed by atoms with Crippen LogP contribution < -0.4 is 0 Å². The zero-order chi connectivity index (χ0) is 37.4. The minimum absolute atomic E-state index is 0.256. The normalized spacial score (nSPS) is 14.0. The van der Waals surface area contributed by atoms with Gasteiger partial charge in [0.2, 0.25) is 0 Å². The van der Waals surface area contributed by atoms with E-state index >= 15 is 0 Å². The smallest absolute Gasteiger partial charge is 0.252 e. The molecule has 0 spiro atoms. The molecule has 0 unspecified atom stereocenters. The highest BCUT2D eigenvalue weighted by Crippen LogP contribution is 2.44. The summed E-state index contributed by atoms with van der Waals surface area (Å²) in [4.78, 5) is 9.97. The van der Waals surface area contributed by atoms with Crippen molar-refractivity contribution >= 4 is 32.3 Å². The van der Waals surface area contributed by atoms with E-state index in [1.807, 2.05) is 83.5 Å². The summed E-state index contributed by atoms with van der Waals surface area (Å²) in [6.07, 6.45) is 3.57. The van der Waals surface area contributed by atoms with Crippen LogP contribution in [0.3, 0.4) is 0 Å². The average molecular weight is 764 g/mol. The predicted molar refractivity (Wildman–Crippen MR) is 214 cm³/mol. The molecule has 8 nitrogen and oxygen atoms in total. The maximum atomic E-state index is 14.4. The summed E-state index contributed by atoms with van der Waals surface area (Å²) in [6.45, 7) is 1.38. The number of nitrogens with zero attached hydrogens (tertiary/aromatic N) is 5. The topological polar surface area (TPSA) is 90.2 Å². The maximum Gasteiger partial charge on any atom is 0.252 e. The Morgan fingerprint density at radius 2 is 1.27 bits per heavy atom. The van der Waals surface area contributed by atoms with Gasteiger partial charge in [-0.1, -0.05) is 97.1 Å². The van der Waals surface area contributed by atoms with Crippen molar-refractivity contribution in [2.24, 2.45) is 0 Å². The van der Waals surface area contributed by atoms with E-state index in [1.165, 1.54) is 34.1 Å². The summed E-state index contributed by atoms with van der Waals surface area (Å²) in [7, 11) is -3.68. The molecule has 1 aliphatic rings. The molecule has 272 valence electrons. The molecule has 3 aromatic heterocycles. The first-order valence-electron chi connectivity index (χ1n) is 17.9. The number of ether oxygens (including phenoxy) is 1. The molecule has 0 N–H and O–H groups in total. The fourth-order valence-electron chi connectivity index (χ4n) is 7.43. The number of hydrogen-bond acceptors (Lipinski definition) is 7. The van der Waals surface area contributed by atoms with Gasteiger partial charge in [0.1, 0.15) is 27.6 Å². The van der Waals surface area contributed by atoms with Crippen LogP contribution in [0.25, 0.3) is 43.9 Å². The highest BCUT2D eigenvalue weighted by molar-refractivity contribution is 7.91. The molecule has 8 aromatic rings. The SMILES string of the molecule is O=S(=O)(c1ccc(-c2ncnc3ccc(-c4cn(C(c5ccccc5)(c5ccccc5)c5ccccc5)nc4-c4ccc(F)cc4)cc23)s1)N1CCOCC1. The first-order chi connectivity index (χ1) is 26.9. The highest BCUT2D eigenvalue weighted by atomic mass is 32.2. The van der Waals surface area contributed by atoms with Gasteiger partial charge in [-0.3, -0.25) is 4.68 Å². The van der Waals surface area contributed by atoms with Gasteiger partial charge in [0.15, 0.2) is 0 Å². The van der Waals surface area contributed by atoms with E-state index < -0.39 is 15.6 Å². The van der Waals surface area contributed by atoms with E-state index in [0.717, 1.165) is 38.8 Å². The van der Waals surface area contributed by atoms with Crippen molar-refractivity contribution in [1.82, 2.24) is 24.1 Å². The first kappa shape index (κ1) is 34.9. The Labute approximate surface area is 322 Å². The molecule has 0 bridgehead atoms. The fraction of sp³-hybridized carbons (Fsp3) is 0.114. The second-order valence-electron chi connectivity index (χ2n) is 13.2. The summed E-state index contributed by atoms with van der Waals surface area (Å²) in [5, 5.41) is 6.17. The molecule has 0 saturated carbocycles. The Kier molecular flexibility index (Phi) is 9.15. The molecular formula is C44H34FN5O3S2. The summed E-state index contributed by atoms with van der Waals surface area (Å²) in [6, 6.07) is 46.8. The van der Waals surface area contributed by atoms with Gasteiger partial charge in [0.05, 0.1) is 29.3 Å². The predicted octanol–water partition coefficient (Wildman–Crippen LogP) is 8.89. The van der Waals surface area contributed by atoms with Gasteiger partial charge in [-0.05, 0) is 70.8 Å². The first-order valence-corrected chi connectivity index (χ1v) is 20.1. The van der Waals surface area contributed by atoms with Gasteiger partial charge in [-0.2, -0.15) is 9.40 Å². The second-order valence-corrected chi connectivity index (χ2v) is 16.5. The summed E-state index contributed by atoms with van der Waals surface area (Å²) >= 11 is 1.19. The fourth-order valence-corrected chi connectivity index (χ4v) is 10.3. The van der Waals surface area contributed by atoms with Crippen molar-refractivity contribution in [3.63, 3.8) is 0 Å². The van der Waals surface area contributed by atoms with Crippen molar-refractivity contribution < 1.29 is 17.5 Å². The minimum Gasteiger partial charge on any atom is -0.379 e. The lowest BCUT2D eigenvalue weighted by Crippen LogP contribution is -2.40. The molecule has 0 radical (unpaired) electrons. The largest absolute Gasteiger partial charge is 0.379 e. The number of benzene rings is 5. The quantitative estimate of drug-likeness (QED) is 0.137. The van der Waals surface area contributed by atoms with Gasteiger partial charge in [-0.25, -0.2) is 22.8 Å². The average Bonchev–Trinajstić information content (AvgIpc) is 3.93. The summed E-state index contributed by atoms with van der Waals surface area (Å²) < 4.78 is 50.6. The zero-order valence-electron chi connectivity index (χ0n) is 29.5. The Morgan fingerprint density at radius 3 is 1.89 bits per heavy atom. The Balaban J connectivity index is 1.25. The van der Waals surface area contributed by atoms with Gasteiger partial charge in [-0.15, -0.1) is 11.3 Å². The van der Waals surface area contributed by atoms with Crippen molar-refractivity contribution in [2.45, 2.75) is 9.75 Å². The maximum absolute atomic E-state index is 14.4. The van der Waals surface area contributed by atoms with E-state index in [9.17, 15) is 12.8 Å². The van der Waals surface area contributed by atoms with Crippen LogP contribution in [-0.4, -0.2) is 58.8 Å². The number of sulfonamides is 1. The lowest BCUT2D eigenvalue weighted by molar-refractivity contribution is 0.0731. The van der Waals surface area contributed by atoms with Crippen molar-refractivity contribution in [1.29, 1.82) is 0 Å². The van der Waals surface area contributed by atoms with Crippen molar-refractivity contribution in [3.05, 3.63) is 181 Å². The third-order valence-corrected chi connectivity index (χ3v) is 13.5. The summed E-state index contributed by atoms with van der Waals surface area (Å²) in [5.41, 5.74) is 6.57. The van der Waals surface area contributed by atoms with Crippen molar-refractivity contribution in [2.75, 3.05) is 26.3 Å². The molecule has 1 fully saturated rings. The van der Waals surface area contributed by atoms with Crippen LogP contribution >= 0.6 is 11.3 Å². The van der Waals surface area contributed by atoms with Crippen LogP contribution in [0.2, 0.25) is 0 Å². The van der Waals surface area contributed by atoms with Gasteiger partial charge >= 0.3 is 0 Å². The third kappa shape index (κ3) is 6.24. The number of aromatic nitrogens is 4. The van der Waals surface area contributed by atoms with Crippen LogP contribution in [0.4, 0.5) is 4.39 Å². The third-order valence-electron chi connectivity index (χ3n) is 10.1. The summed E-state index contributed by atoms with van der Waals surface area (Å²) in [5.74, 6) is -0.338. The monoisotopic (exact) mass is 763 g/mol. The Bertz CT molecular complexity index is 2620. The Hall–Kier alpha value is -5.85. The molecule has 5 aromatic carbocycles. The molecule has 55 heavy (non-hydrogen) atoms. The van der Waals surface area contributed by atoms with Crippen LogP contribution in [-0.2, 0) is 20.3 Å². The van der Waals surface area contributed by atoms with Crippen LogP contribution in [0.5, 0.6) is 0 Å². The molecular weight excluding hydrogens is 730 g/mol. The molecule has 0 aliphatic carbocycles. The van der Waals surface area contributed by atoms with E-state index in [0.29, 0.717) is 48.1 Å². The molecule has 4 heterocycles. The lowest BCUT2D eigenvalue weighted by Gasteiger charge is -2.36.